The first-order valence-electron chi connectivity index (χ1n) is 31.8. The Hall–Kier alpha value is -6.55. The van der Waals surface area contributed by atoms with Crippen molar-refractivity contribution in [2.24, 2.45) is 11.8 Å². The van der Waals surface area contributed by atoms with Crippen molar-refractivity contribution >= 4 is 70.6 Å². The molecule has 0 aliphatic carbocycles. The number of carboxylic acid groups (broad SMARTS) is 4. The molecule has 0 fully saturated rings. The molecule has 1 aromatic rings. The largest absolute Gasteiger partial charge is 0.481 e. The summed E-state index contributed by atoms with van der Waals surface area (Å²) in [7, 11) is 0. The van der Waals surface area contributed by atoms with Gasteiger partial charge in [0.1, 0.15) is 43.5 Å². The summed E-state index contributed by atoms with van der Waals surface area (Å²) in [5, 5.41) is 57.0. The summed E-state index contributed by atoms with van der Waals surface area (Å²) < 4.78 is 21.4. The number of nitrogens with one attached hydrogen (secondary N) is 5. The third-order valence-corrected chi connectivity index (χ3v) is 14.7. The predicted molar refractivity (Wildman–Crippen MR) is 323 cm³/mol. The van der Waals surface area contributed by atoms with Crippen LogP contribution in [0.4, 0.5) is 0 Å². The first-order chi connectivity index (χ1) is 42.8. The molecule has 0 spiro atoms. The van der Waals surface area contributed by atoms with Gasteiger partial charge in [-0.25, -0.2) is 14.6 Å². The number of ketones is 4. The van der Waals surface area contributed by atoms with Crippen LogP contribution in [-0.2, 0) is 82.9 Å². The number of carboxylic acids is 4. The number of aromatic amines is 1. The number of unbranched alkanes of at least 4 members (excludes halogenated alkanes) is 14. The Bertz CT molecular complexity index is 2210. The zero-order valence-electron chi connectivity index (χ0n) is 52.1. The van der Waals surface area contributed by atoms with E-state index in [2.05, 4.69) is 31.2 Å². The second kappa shape index (κ2) is 53.3. The van der Waals surface area contributed by atoms with E-state index in [1.54, 1.807) is 6.20 Å². The van der Waals surface area contributed by atoms with Crippen LogP contribution in [-0.4, -0.2) is 191 Å². The van der Waals surface area contributed by atoms with Crippen molar-refractivity contribution in [2.75, 3.05) is 72.6 Å². The maximum absolute atomic E-state index is 12.7. The predicted octanol–water partition coefficient (Wildman–Crippen LogP) is 5.15. The van der Waals surface area contributed by atoms with Crippen LogP contribution in [0.3, 0.4) is 0 Å². The number of nitrogens with zero attached hydrogens (tertiary/aromatic N) is 1. The van der Waals surface area contributed by atoms with Crippen molar-refractivity contribution in [3.63, 3.8) is 0 Å². The molecule has 27 nitrogen and oxygen atoms in total. The van der Waals surface area contributed by atoms with Crippen LogP contribution in [0.2, 0.25) is 0 Å². The molecule has 0 aromatic carbocycles. The van der Waals surface area contributed by atoms with Crippen LogP contribution in [0.15, 0.2) is 12.5 Å². The van der Waals surface area contributed by atoms with Crippen LogP contribution in [0, 0.1) is 11.8 Å². The monoisotopic (exact) mass is 1270 g/mol. The van der Waals surface area contributed by atoms with Gasteiger partial charge in [-0.05, 0) is 64.2 Å². The molecule has 1 heterocycles. The third kappa shape index (κ3) is 47.1. The summed E-state index contributed by atoms with van der Waals surface area (Å²) >= 11 is 0. The molecule has 0 unspecified atom stereocenters. The summed E-state index contributed by atoms with van der Waals surface area (Å²) in [6.07, 6.45) is 19.9. The fourth-order valence-electron chi connectivity index (χ4n) is 9.44. The Labute approximate surface area is 522 Å². The lowest BCUT2D eigenvalue weighted by atomic mass is 9.91. The zero-order chi connectivity index (χ0) is 65.7. The number of amides is 4. The SMILES string of the molecule is O=C(O)CCCCCCCCCCCCCCCCC(=O)N[C@@H](CCC(=O)C[C@@H](CCC(=O)NCCOCCOCC(=O)CCCOCCOCC(=O)N[C@@H](CCC(=O)NCCCC[C@H](CCC(=O)CCc1cnc[nH]1)C(=O)CO)C(=O)O)C(=O)O)C(=O)O. The number of carbonyl (C=O) groups excluding carboxylic acids is 8. The molecule has 0 aliphatic heterocycles. The van der Waals surface area contributed by atoms with Crippen LogP contribution >= 0.6 is 0 Å². The number of hydrogen-bond donors (Lipinski definition) is 10. The fourth-order valence-corrected chi connectivity index (χ4v) is 9.44. The average Bonchev–Trinajstić information content (AvgIpc) is 4.09. The number of aromatic nitrogens is 2. The number of aliphatic hydroxyl groups excluding tert-OH is 1. The van der Waals surface area contributed by atoms with E-state index in [9.17, 15) is 78.0 Å². The van der Waals surface area contributed by atoms with Gasteiger partial charge in [-0.3, -0.25) is 47.9 Å². The summed E-state index contributed by atoms with van der Waals surface area (Å²) in [6, 6.07) is -2.63. The number of Topliss-reactive ketones (excluding diaryl/α,β-unsaturated/α-hetero) is 4. The summed E-state index contributed by atoms with van der Waals surface area (Å²) in [6.45, 7) is -0.178. The van der Waals surface area contributed by atoms with E-state index in [0.717, 1.165) is 63.5 Å². The van der Waals surface area contributed by atoms with Gasteiger partial charge in [0.15, 0.2) is 11.6 Å². The number of H-pyrrole nitrogens is 1. The number of aliphatic hydroxyl groups is 1. The molecule has 1 aromatic heterocycles. The van der Waals surface area contributed by atoms with Gasteiger partial charge in [0, 0.05) is 95.3 Å². The van der Waals surface area contributed by atoms with E-state index in [-0.39, 0.29) is 141 Å². The number of imidazole rings is 1. The van der Waals surface area contributed by atoms with Crippen LogP contribution < -0.4 is 21.3 Å². The van der Waals surface area contributed by atoms with E-state index >= 15 is 0 Å². The van der Waals surface area contributed by atoms with Gasteiger partial charge >= 0.3 is 23.9 Å². The lowest BCUT2D eigenvalue weighted by Crippen LogP contribution is -2.43. The minimum Gasteiger partial charge on any atom is -0.481 e. The lowest BCUT2D eigenvalue weighted by Gasteiger charge is -2.15. The molecular formula is C62H102N6O21. The number of aryl methyl sites for hydroxylation is 1. The standard InChI is InChI=1S/C62H102N6O21/c69-42-54(73)46(22-25-49(70)26-24-48-41-63-45-66-48)18-15-16-32-64-56(75)31-29-53(62(84)85)68-58(77)44-89-39-36-86-34-17-19-51(72)43-88-38-37-87-35-33-65-55(74)30-23-47(60(80)81)40-50(71)27-28-52(61(82)83)67-57(76)20-13-11-9-7-5-3-1-2-4-6-8-10-12-14-21-59(78)79/h41,45-47,52-53,69H,1-40,42-44H2,(H,63,66)(H,64,75)(H,65,74)(H,67,76)(H,68,77)(H,78,79)(H,80,81)(H,82,83)(H,84,85)/t46-,47-,52+,53+/m1/s1. The quantitative estimate of drug-likeness (QED) is 0.0377. The molecule has 4 amide bonds. The molecule has 0 saturated carbocycles. The van der Waals surface area contributed by atoms with E-state index in [4.69, 9.17) is 24.1 Å². The third-order valence-electron chi connectivity index (χ3n) is 14.7. The van der Waals surface area contributed by atoms with Gasteiger partial charge in [0.05, 0.1) is 45.3 Å². The maximum atomic E-state index is 12.7. The molecule has 0 radical (unpaired) electrons. The summed E-state index contributed by atoms with van der Waals surface area (Å²) in [5.74, 6) is -9.30. The van der Waals surface area contributed by atoms with Gasteiger partial charge in [-0.15, -0.1) is 0 Å². The first-order valence-corrected chi connectivity index (χ1v) is 31.8. The molecule has 4 atom stereocenters. The summed E-state index contributed by atoms with van der Waals surface area (Å²) in [5.41, 5.74) is 0.841. The number of hydrogen-bond acceptors (Lipinski definition) is 18. The van der Waals surface area contributed by atoms with Gasteiger partial charge in [-0.1, -0.05) is 83.5 Å². The van der Waals surface area contributed by atoms with E-state index < -0.39 is 96.8 Å². The second-order valence-corrected chi connectivity index (χ2v) is 22.3. The van der Waals surface area contributed by atoms with Gasteiger partial charge in [0.2, 0.25) is 23.6 Å². The molecule has 89 heavy (non-hydrogen) atoms. The highest BCUT2D eigenvalue weighted by Gasteiger charge is 2.26. The average molecular weight is 1270 g/mol. The normalized spacial score (nSPS) is 12.5. The van der Waals surface area contributed by atoms with Crippen LogP contribution in [0.25, 0.3) is 0 Å². The number of carbonyl (C=O) groups is 12. The van der Waals surface area contributed by atoms with E-state index in [0.29, 0.717) is 51.4 Å². The molecule has 0 aliphatic rings. The molecule has 0 bridgehead atoms. The number of ether oxygens (including phenoxy) is 4. The van der Waals surface area contributed by atoms with Crippen molar-refractivity contribution < 1.29 is 102 Å². The first kappa shape index (κ1) is 80.5. The Morgan fingerprint density at radius 1 is 0.427 bits per heavy atom. The Balaban J connectivity index is 2.08. The molecule has 0 saturated heterocycles. The summed E-state index contributed by atoms with van der Waals surface area (Å²) in [4.78, 5) is 152. The minimum atomic E-state index is -1.34. The van der Waals surface area contributed by atoms with Crippen molar-refractivity contribution in [3.05, 3.63) is 18.2 Å². The molecule has 506 valence electrons. The fraction of sp³-hybridized carbons (Fsp3) is 0.758. The number of aliphatic carboxylic acids is 4. The van der Waals surface area contributed by atoms with Crippen molar-refractivity contribution in [1.29, 1.82) is 0 Å². The highest BCUT2D eigenvalue weighted by atomic mass is 16.5. The van der Waals surface area contributed by atoms with Crippen molar-refractivity contribution in [2.45, 2.75) is 218 Å². The topological polar surface area (TPSA) is 420 Å². The van der Waals surface area contributed by atoms with Crippen molar-refractivity contribution in [1.82, 2.24) is 31.2 Å². The minimum absolute atomic E-state index is 0.00381. The molecule has 10 N–H and O–H groups in total. The Morgan fingerprint density at radius 3 is 1.52 bits per heavy atom. The Kier molecular flexibility index (Phi) is 48.2. The van der Waals surface area contributed by atoms with Crippen LogP contribution in [0.1, 0.15) is 205 Å². The van der Waals surface area contributed by atoms with Gasteiger partial charge in [-0.2, -0.15) is 0 Å². The molecular weight excluding hydrogens is 1160 g/mol. The van der Waals surface area contributed by atoms with Crippen LogP contribution in [0.5, 0.6) is 0 Å². The molecule has 1 rings (SSSR count). The maximum Gasteiger partial charge on any atom is 0.326 e. The van der Waals surface area contributed by atoms with E-state index in [1.165, 1.54) is 32.0 Å². The van der Waals surface area contributed by atoms with Crippen molar-refractivity contribution in [3.8, 4) is 0 Å². The van der Waals surface area contributed by atoms with Gasteiger partial charge in [0.25, 0.3) is 0 Å². The second-order valence-electron chi connectivity index (χ2n) is 22.3. The highest BCUT2D eigenvalue weighted by Crippen LogP contribution is 2.19. The highest BCUT2D eigenvalue weighted by molar-refractivity contribution is 5.87. The Morgan fingerprint density at radius 2 is 0.944 bits per heavy atom. The lowest BCUT2D eigenvalue weighted by molar-refractivity contribution is -0.145. The zero-order valence-corrected chi connectivity index (χ0v) is 52.1. The number of rotatable bonds is 63. The van der Waals surface area contributed by atoms with E-state index in [1.807, 2.05) is 0 Å². The molecule has 27 heteroatoms. The smallest absolute Gasteiger partial charge is 0.326 e. The van der Waals surface area contributed by atoms with Gasteiger partial charge < -0.3 is 70.7 Å².